The van der Waals surface area contributed by atoms with Crippen LogP contribution in [0.2, 0.25) is 5.02 Å². The number of rotatable bonds is 5. The summed E-state index contributed by atoms with van der Waals surface area (Å²) >= 11 is 7.47. The van der Waals surface area contributed by atoms with Crippen LogP contribution < -0.4 is 5.32 Å². The molecule has 0 aliphatic heterocycles. The third-order valence-electron chi connectivity index (χ3n) is 2.48. The zero-order valence-electron chi connectivity index (χ0n) is 11.0. The average Bonchev–Trinajstić information content (AvgIpc) is 2.46. The Labute approximate surface area is 127 Å². The molecule has 20 heavy (non-hydrogen) atoms. The van der Waals surface area contributed by atoms with E-state index in [9.17, 15) is 4.79 Å². The molecular weight excluding hydrogens is 294 g/mol. The molecule has 0 spiro atoms. The summed E-state index contributed by atoms with van der Waals surface area (Å²) in [5.41, 5.74) is 1.13. The molecule has 0 bridgehead atoms. The number of aromatic nitrogens is 2. The van der Waals surface area contributed by atoms with E-state index in [1.165, 1.54) is 6.20 Å². The van der Waals surface area contributed by atoms with E-state index in [0.717, 1.165) is 21.4 Å². The molecule has 2 aromatic rings. The topological polar surface area (TPSA) is 54.9 Å². The van der Waals surface area contributed by atoms with E-state index in [1.807, 2.05) is 31.2 Å². The van der Waals surface area contributed by atoms with Gasteiger partial charge in [-0.3, -0.25) is 9.78 Å². The van der Waals surface area contributed by atoms with Gasteiger partial charge in [-0.15, -0.1) is 11.8 Å². The van der Waals surface area contributed by atoms with Crippen molar-refractivity contribution in [3.05, 3.63) is 53.1 Å². The second-order valence-electron chi connectivity index (χ2n) is 4.10. The van der Waals surface area contributed by atoms with Gasteiger partial charge in [0.2, 0.25) is 0 Å². The third kappa shape index (κ3) is 4.51. The van der Waals surface area contributed by atoms with Crippen molar-refractivity contribution >= 4 is 29.3 Å². The largest absolute Gasteiger partial charge is 0.350 e. The molecule has 1 amide bonds. The standard InChI is InChI=1S/C14H14ClN3OS/c1-10-8-18-13(9-17-10)14(19)16-6-7-20-12-4-2-11(15)3-5-12/h2-5,8-9H,6-7H2,1H3,(H,16,19). The van der Waals surface area contributed by atoms with Crippen molar-refractivity contribution in [2.75, 3.05) is 12.3 Å². The summed E-state index contributed by atoms with van der Waals surface area (Å²) in [6.45, 7) is 2.40. The predicted octanol–water partition coefficient (Wildman–Crippen LogP) is 2.96. The lowest BCUT2D eigenvalue weighted by Crippen LogP contribution is -2.26. The number of aryl methyl sites for hydroxylation is 1. The molecule has 1 aromatic heterocycles. The van der Waals surface area contributed by atoms with Gasteiger partial charge in [0.05, 0.1) is 11.9 Å². The minimum absolute atomic E-state index is 0.200. The van der Waals surface area contributed by atoms with Crippen LogP contribution >= 0.6 is 23.4 Å². The number of nitrogens with one attached hydrogen (secondary N) is 1. The first kappa shape index (κ1) is 14.8. The first-order valence-corrected chi connectivity index (χ1v) is 7.47. The maximum absolute atomic E-state index is 11.8. The number of benzene rings is 1. The van der Waals surface area contributed by atoms with Crippen molar-refractivity contribution in [1.29, 1.82) is 0 Å². The predicted molar refractivity (Wildman–Crippen MR) is 81.3 cm³/mol. The zero-order valence-corrected chi connectivity index (χ0v) is 12.5. The highest BCUT2D eigenvalue weighted by Crippen LogP contribution is 2.19. The molecule has 0 saturated heterocycles. The van der Waals surface area contributed by atoms with Gasteiger partial charge in [-0.1, -0.05) is 11.6 Å². The molecule has 1 aromatic carbocycles. The number of amides is 1. The lowest BCUT2D eigenvalue weighted by atomic mass is 10.4. The lowest BCUT2D eigenvalue weighted by molar-refractivity contribution is 0.0951. The molecule has 0 aliphatic carbocycles. The van der Waals surface area contributed by atoms with Crippen LogP contribution in [0.15, 0.2) is 41.6 Å². The van der Waals surface area contributed by atoms with Crippen LogP contribution in [0, 0.1) is 6.92 Å². The van der Waals surface area contributed by atoms with Crippen LogP contribution in [0.4, 0.5) is 0 Å². The van der Waals surface area contributed by atoms with Gasteiger partial charge in [0.25, 0.3) is 5.91 Å². The SMILES string of the molecule is Cc1cnc(C(=O)NCCSc2ccc(Cl)cc2)cn1. The molecular formula is C14H14ClN3OS. The van der Waals surface area contributed by atoms with Crippen LogP contribution in [0.25, 0.3) is 0 Å². The Balaban J connectivity index is 1.74. The summed E-state index contributed by atoms with van der Waals surface area (Å²) in [6.07, 6.45) is 3.06. The van der Waals surface area contributed by atoms with Gasteiger partial charge in [0.1, 0.15) is 5.69 Å². The number of hydrogen-bond donors (Lipinski definition) is 1. The zero-order chi connectivity index (χ0) is 14.4. The Kier molecular flexibility index (Phi) is 5.38. The minimum atomic E-state index is -0.200. The van der Waals surface area contributed by atoms with Gasteiger partial charge in [0, 0.05) is 28.4 Å². The summed E-state index contributed by atoms with van der Waals surface area (Å²) in [5, 5.41) is 3.53. The quantitative estimate of drug-likeness (QED) is 0.681. The summed E-state index contributed by atoms with van der Waals surface area (Å²) in [5.74, 6) is 0.585. The highest BCUT2D eigenvalue weighted by Gasteiger charge is 2.06. The van der Waals surface area contributed by atoms with Crippen molar-refractivity contribution in [2.24, 2.45) is 0 Å². The molecule has 4 nitrogen and oxygen atoms in total. The van der Waals surface area contributed by atoms with E-state index < -0.39 is 0 Å². The highest BCUT2D eigenvalue weighted by molar-refractivity contribution is 7.99. The van der Waals surface area contributed by atoms with E-state index in [-0.39, 0.29) is 5.91 Å². The van der Waals surface area contributed by atoms with Gasteiger partial charge < -0.3 is 5.32 Å². The fourth-order valence-corrected chi connectivity index (χ4v) is 2.36. The number of halogens is 1. The van der Waals surface area contributed by atoms with Crippen LogP contribution in [-0.2, 0) is 0 Å². The second-order valence-corrected chi connectivity index (χ2v) is 5.71. The average molecular weight is 308 g/mol. The fourth-order valence-electron chi connectivity index (χ4n) is 1.46. The molecule has 104 valence electrons. The smallest absolute Gasteiger partial charge is 0.271 e. The Bertz CT molecular complexity index is 572. The Hall–Kier alpha value is -1.59. The minimum Gasteiger partial charge on any atom is -0.350 e. The van der Waals surface area contributed by atoms with E-state index in [0.29, 0.717) is 12.2 Å². The summed E-state index contributed by atoms with van der Waals surface area (Å²) < 4.78 is 0. The van der Waals surface area contributed by atoms with Gasteiger partial charge in [-0.25, -0.2) is 4.98 Å². The molecule has 6 heteroatoms. The van der Waals surface area contributed by atoms with Crippen LogP contribution in [0.5, 0.6) is 0 Å². The molecule has 0 atom stereocenters. The van der Waals surface area contributed by atoms with Crippen molar-refractivity contribution in [3.63, 3.8) is 0 Å². The monoisotopic (exact) mass is 307 g/mol. The highest BCUT2D eigenvalue weighted by atomic mass is 35.5. The Morgan fingerprint density at radius 3 is 2.65 bits per heavy atom. The molecule has 0 radical (unpaired) electrons. The van der Waals surface area contributed by atoms with Crippen molar-refractivity contribution in [3.8, 4) is 0 Å². The number of thioether (sulfide) groups is 1. The lowest BCUT2D eigenvalue weighted by Gasteiger charge is -2.05. The number of nitrogens with zero attached hydrogens (tertiary/aromatic N) is 2. The van der Waals surface area contributed by atoms with Gasteiger partial charge in [-0.05, 0) is 31.2 Å². The van der Waals surface area contributed by atoms with Crippen LogP contribution in [0.1, 0.15) is 16.2 Å². The number of hydrogen-bond acceptors (Lipinski definition) is 4. The van der Waals surface area contributed by atoms with Gasteiger partial charge in [0.15, 0.2) is 0 Å². The molecule has 1 N–H and O–H groups in total. The third-order valence-corrected chi connectivity index (χ3v) is 3.75. The maximum atomic E-state index is 11.8. The summed E-state index contributed by atoms with van der Waals surface area (Å²) in [6, 6.07) is 7.62. The number of carbonyl (C=O) groups is 1. The second kappa shape index (κ2) is 7.26. The normalized spacial score (nSPS) is 10.3. The van der Waals surface area contributed by atoms with Crippen molar-refractivity contribution in [2.45, 2.75) is 11.8 Å². The fraction of sp³-hybridized carbons (Fsp3) is 0.214. The first-order valence-electron chi connectivity index (χ1n) is 6.10. The van der Waals surface area contributed by atoms with Crippen molar-refractivity contribution in [1.82, 2.24) is 15.3 Å². The van der Waals surface area contributed by atoms with E-state index in [1.54, 1.807) is 18.0 Å². The van der Waals surface area contributed by atoms with Crippen LogP contribution in [-0.4, -0.2) is 28.2 Å². The Morgan fingerprint density at radius 2 is 2.00 bits per heavy atom. The van der Waals surface area contributed by atoms with Gasteiger partial charge in [-0.2, -0.15) is 0 Å². The molecule has 0 fully saturated rings. The maximum Gasteiger partial charge on any atom is 0.271 e. The molecule has 2 rings (SSSR count). The van der Waals surface area contributed by atoms with Gasteiger partial charge >= 0.3 is 0 Å². The van der Waals surface area contributed by atoms with E-state index in [4.69, 9.17) is 11.6 Å². The van der Waals surface area contributed by atoms with Crippen LogP contribution in [0.3, 0.4) is 0 Å². The molecule has 1 heterocycles. The molecule has 0 unspecified atom stereocenters. The Morgan fingerprint density at radius 1 is 1.25 bits per heavy atom. The summed E-state index contributed by atoms with van der Waals surface area (Å²) in [4.78, 5) is 21.0. The van der Waals surface area contributed by atoms with E-state index in [2.05, 4.69) is 15.3 Å². The number of carbonyl (C=O) groups excluding carboxylic acids is 1. The summed E-state index contributed by atoms with van der Waals surface area (Å²) in [7, 11) is 0. The first-order chi connectivity index (χ1) is 9.65. The molecule has 0 saturated carbocycles. The van der Waals surface area contributed by atoms with Crippen molar-refractivity contribution < 1.29 is 4.79 Å². The van der Waals surface area contributed by atoms with E-state index >= 15 is 0 Å². The molecule has 0 aliphatic rings.